The molecule has 9 heteroatoms. The molecular formula is C9H15NaO7S. The Morgan fingerprint density at radius 2 is 1.61 bits per heavy atom. The summed E-state index contributed by atoms with van der Waals surface area (Å²) < 4.78 is 47.1. The first-order chi connectivity index (χ1) is 7.76. The van der Waals surface area contributed by atoms with Gasteiger partial charge in [0.25, 0.3) is 0 Å². The van der Waals surface area contributed by atoms with Gasteiger partial charge in [0, 0.05) is 7.11 Å². The zero-order valence-electron chi connectivity index (χ0n) is 10.8. The molecule has 2 fully saturated rings. The Morgan fingerprint density at radius 3 is 2.06 bits per heavy atom. The Bertz CT molecular complexity index is 361. The van der Waals surface area contributed by atoms with E-state index < -0.39 is 16.4 Å². The number of fused-ring (bicyclic) bond motifs is 1. The Hall–Kier alpha value is 0.460. The maximum absolute atomic E-state index is 8.44. The van der Waals surface area contributed by atoms with Crippen molar-refractivity contribution in [2.75, 3.05) is 7.11 Å². The standard InChI is InChI=1S/C9H15O4.Na.O3S/c1-5-6-7(8(10-4)11-5)13-9(2,3)12-6;;1-4(2)3/h5-8H,1H2,2-4H3;;/q-1;+1;. The Labute approximate surface area is 129 Å². The monoisotopic (exact) mass is 290 g/mol. The molecule has 4 unspecified atom stereocenters. The molecule has 0 bridgehead atoms. The van der Waals surface area contributed by atoms with E-state index >= 15 is 0 Å². The molecule has 100 valence electrons. The maximum Gasteiger partial charge on any atom is 1.00 e. The SMILES string of the molecule is O=S(=O)=O.[CH2-]C1OC(OC)C2OC(C)(C)OC12.[Na+]. The third kappa shape index (κ3) is 4.86. The van der Waals surface area contributed by atoms with Crippen LogP contribution in [0.5, 0.6) is 0 Å². The van der Waals surface area contributed by atoms with Crippen LogP contribution >= 0.6 is 0 Å². The quantitative estimate of drug-likeness (QED) is 0.369. The molecule has 2 aliphatic heterocycles. The number of hydrogen-bond donors (Lipinski definition) is 0. The summed E-state index contributed by atoms with van der Waals surface area (Å²) in [4.78, 5) is 0. The molecule has 0 amide bonds. The summed E-state index contributed by atoms with van der Waals surface area (Å²) in [5.41, 5.74) is 0. The second kappa shape index (κ2) is 7.30. The van der Waals surface area contributed by atoms with Gasteiger partial charge < -0.3 is 25.9 Å². The topological polar surface area (TPSA) is 88.1 Å². The Balaban J connectivity index is 0.000000512. The van der Waals surface area contributed by atoms with E-state index in [-0.39, 0.29) is 54.2 Å². The van der Waals surface area contributed by atoms with Crippen molar-refractivity contribution in [2.45, 2.75) is 44.2 Å². The maximum atomic E-state index is 8.44. The predicted molar refractivity (Wildman–Crippen MR) is 54.5 cm³/mol. The van der Waals surface area contributed by atoms with Crippen LogP contribution < -0.4 is 29.6 Å². The van der Waals surface area contributed by atoms with E-state index in [0.717, 1.165) is 0 Å². The Morgan fingerprint density at radius 1 is 1.17 bits per heavy atom. The fraction of sp³-hybridized carbons (Fsp3) is 0.889. The molecule has 18 heavy (non-hydrogen) atoms. The van der Waals surface area contributed by atoms with Crippen molar-refractivity contribution < 1.29 is 61.1 Å². The average molecular weight is 290 g/mol. The number of rotatable bonds is 1. The number of ether oxygens (including phenoxy) is 4. The third-order valence-electron chi connectivity index (χ3n) is 2.34. The van der Waals surface area contributed by atoms with Crippen LogP contribution in [0.4, 0.5) is 0 Å². The van der Waals surface area contributed by atoms with Crippen LogP contribution in [-0.2, 0) is 29.6 Å². The molecule has 2 rings (SSSR count). The molecule has 2 heterocycles. The van der Waals surface area contributed by atoms with E-state index in [0.29, 0.717) is 0 Å². The molecule has 0 aromatic carbocycles. The molecular weight excluding hydrogens is 275 g/mol. The van der Waals surface area contributed by atoms with Gasteiger partial charge in [-0.25, -0.2) is 0 Å². The molecule has 0 radical (unpaired) electrons. The molecule has 2 aliphatic rings. The normalized spacial score (nSPS) is 36.0. The second-order valence-corrected chi connectivity index (χ2v) is 4.46. The van der Waals surface area contributed by atoms with Crippen molar-refractivity contribution in [3.8, 4) is 0 Å². The van der Waals surface area contributed by atoms with Gasteiger partial charge >= 0.3 is 40.2 Å². The van der Waals surface area contributed by atoms with Gasteiger partial charge in [-0.15, -0.1) is 12.6 Å². The first-order valence-electron chi connectivity index (χ1n) is 4.90. The molecule has 4 atom stereocenters. The average Bonchev–Trinajstić information content (AvgIpc) is 2.61. The van der Waals surface area contributed by atoms with E-state index in [1.807, 2.05) is 13.8 Å². The minimum absolute atomic E-state index is 0. The molecule has 0 spiro atoms. The van der Waals surface area contributed by atoms with Crippen molar-refractivity contribution in [1.82, 2.24) is 0 Å². The number of hydrogen-bond acceptors (Lipinski definition) is 7. The predicted octanol–water partition coefficient (Wildman–Crippen LogP) is -3.29. The van der Waals surface area contributed by atoms with Crippen molar-refractivity contribution in [3.63, 3.8) is 0 Å². The zero-order chi connectivity index (χ0) is 13.2. The van der Waals surface area contributed by atoms with Crippen LogP contribution in [0.25, 0.3) is 0 Å². The van der Waals surface area contributed by atoms with Crippen molar-refractivity contribution in [3.05, 3.63) is 6.92 Å². The van der Waals surface area contributed by atoms with Gasteiger partial charge in [0.2, 0.25) is 0 Å². The zero-order valence-corrected chi connectivity index (χ0v) is 13.6. The summed E-state index contributed by atoms with van der Waals surface area (Å²) >= 11 is 0. The van der Waals surface area contributed by atoms with Gasteiger partial charge in [-0.1, -0.05) is 0 Å². The van der Waals surface area contributed by atoms with Crippen LogP contribution in [0.15, 0.2) is 0 Å². The minimum atomic E-state index is -3.11. The van der Waals surface area contributed by atoms with Gasteiger partial charge in [0.1, 0.15) is 6.10 Å². The molecule has 0 aromatic rings. The fourth-order valence-corrected chi connectivity index (χ4v) is 1.83. The van der Waals surface area contributed by atoms with Gasteiger partial charge in [0.15, 0.2) is 12.1 Å². The molecule has 2 saturated heterocycles. The molecule has 7 nitrogen and oxygen atoms in total. The second-order valence-electron chi connectivity index (χ2n) is 4.05. The van der Waals surface area contributed by atoms with E-state index in [2.05, 4.69) is 6.92 Å². The smallest absolute Gasteiger partial charge is 0.377 e. The molecule has 0 saturated carbocycles. The number of methoxy groups -OCH3 is 1. The van der Waals surface area contributed by atoms with E-state index in [1.54, 1.807) is 7.11 Å². The van der Waals surface area contributed by atoms with E-state index in [4.69, 9.17) is 31.6 Å². The molecule has 0 N–H and O–H groups in total. The van der Waals surface area contributed by atoms with Crippen LogP contribution in [-0.4, -0.2) is 50.1 Å². The van der Waals surface area contributed by atoms with E-state index in [1.165, 1.54) is 0 Å². The molecule has 0 aliphatic carbocycles. The summed E-state index contributed by atoms with van der Waals surface area (Å²) in [6.07, 6.45) is -0.826. The van der Waals surface area contributed by atoms with Crippen molar-refractivity contribution in [2.24, 2.45) is 0 Å². The van der Waals surface area contributed by atoms with Gasteiger partial charge in [-0.2, -0.15) is 0 Å². The fourth-order valence-electron chi connectivity index (χ4n) is 1.83. The summed E-state index contributed by atoms with van der Waals surface area (Å²) in [5.74, 6) is -0.550. The first-order valence-corrected chi connectivity index (χ1v) is 5.90. The van der Waals surface area contributed by atoms with Crippen LogP contribution in [0.2, 0.25) is 0 Å². The van der Waals surface area contributed by atoms with Crippen LogP contribution in [0, 0.1) is 6.92 Å². The van der Waals surface area contributed by atoms with Gasteiger partial charge in [-0.3, -0.25) is 0 Å². The van der Waals surface area contributed by atoms with E-state index in [9.17, 15) is 0 Å². The summed E-state index contributed by atoms with van der Waals surface area (Å²) in [5, 5.41) is 0. The molecule has 0 aromatic heterocycles. The third-order valence-corrected chi connectivity index (χ3v) is 2.34. The summed E-state index contributed by atoms with van der Waals surface area (Å²) in [6.45, 7) is 7.60. The van der Waals surface area contributed by atoms with Crippen LogP contribution in [0.1, 0.15) is 13.8 Å². The first kappa shape index (κ1) is 18.5. The minimum Gasteiger partial charge on any atom is -0.377 e. The van der Waals surface area contributed by atoms with Crippen LogP contribution in [0.3, 0.4) is 0 Å². The largest absolute Gasteiger partial charge is 1.00 e. The Kier molecular flexibility index (Phi) is 7.48. The summed E-state index contributed by atoms with van der Waals surface area (Å²) in [7, 11) is -1.52. The van der Waals surface area contributed by atoms with Gasteiger partial charge in [0.05, 0.1) is 6.10 Å². The summed E-state index contributed by atoms with van der Waals surface area (Å²) in [6, 6.07) is 0. The van der Waals surface area contributed by atoms with Gasteiger partial charge in [-0.05, 0) is 20.0 Å². The van der Waals surface area contributed by atoms with Crippen molar-refractivity contribution >= 4 is 10.6 Å². The van der Waals surface area contributed by atoms with Crippen molar-refractivity contribution in [1.29, 1.82) is 0 Å².